The molecule has 0 unspecified atom stereocenters. The lowest BCUT2D eigenvalue weighted by atomic mass is 10.1. The first kappa shape index (κ1) is 20.2. The Hall–Kier alpha value is -3.16. The number of rotatable bonds is 8. The minimum Gasteiger partial charge on any atom is -0.493 e. The summed E-state index contributed by atoms with van der Waals surface area (Å²) < 4.78 is 0.991. The van der Waals surface area contributed by atoms with Crippen molar-refractivity contribution in [2.75, 3.05) is 0 Å². The Morgan fingerprint density at radius 2 is 2.00 bits per heavy atom. The highest BCUT2D eigenvalue weighted by Gasteiger charge is 2.15. The molecule has 0 aliphatic carbocycles. The first-order valence-corrected chi connectivity index (χ1v) is 8.92. The molecule has 8 heteroatoms. The molecule has 0 aliphatic rings. The lowest BCUT2D eigenvalue weighted by molar-refractivity contribution is -0.121. The number of hydrogen-bond acceptors (Lipinski definition) is 5. The fourth-order valence-electron chi connectivity index (χ4n) is 2.63. The van der Waals surface area contributed by atoms with Gasteiger partial charge in [-0.2, -0.15) is 5.10 Å². The number of carbonyl (C=O) groups excluding carboxylic acids is 1. The number of amides is 1. The molecule has 1 heterocycles. The van der Waals surface area contributed by atoms with Gasteiger partial charge in [-0.1, -0.05) is 44.4 Å². The van der Waals surface area contributed by atoms with Gasteiger partial charge in [0.15, 0.2) is 0 Å². The van der Waals surface area contributed by atoms with Gasteiger partial charge in [-0.05, 0) is 25.0 Å². The van der Waals surface area contributed by atoms with E-state index in [1.54, 1.807) is 31.2 Å². The number of para-hydroxylation sites is 1. The highest BCUT2D eigenvalue weighted by Crippen LogP contribution is 2.18. The number of aromatic amines is 1. The zero-order chi connectivity index (χ0) is 19.8. The quantitative estimate of drug-likeness (QED) is 0.373. The standard InChI is InChI=1S/C19H24N4O4/c1-3-4-5-6-11-16(24)22-20-12-14-17(25)21-19(27)23(18(14)26)15-10-8-7-9-13(15)2/h7-10,12,26H,3-6,11H2,1-2H3,(H,22,24)(H,21,25,27). The Labute approximate surface area is 156 Å². The summed E-state index contributed by atoms with van der Waals surface area (Å²) in [6.45, 7) is 3.86. The van der Waals surface area contributed by atoms with Crippen LogP contribution in [0.4, 0.5) is 0 Å². The molecular formula is C19H24N4O4. The van der Waals surface area contributed by atoms with Crippen LogP contribution in [0.2, 0.25) is 0 Å². The predicted octanol–water partition coefficient (Wildman–Crippen LogP) is 1.96. The molecule has 0 atom stereocenters. The van der Waals surface area contributed by atoms with Gasteiger partial charge >= 0.3 is 5.69 Å². The Kier molecular flexibility index (Phi) is 7.10. The average molecular weight is 372 g/mol. The van der Waals surface area contributed by atoms with Gasteiger partial charge in [0.2, 0.25) is 11.8 Å². The van der Waals surface area contributed by atoms with Gasteiger partial charge in [0.25, 0.3) is 5.56 Å². The molecule has 1 aromatic heterocycles. The van der Waals surface area contributed by atoms with Gasteiger partial charge in [-0.25, -0.2) is 14.8 Å². The smallest absolute Gasteiger partial charge is 0.335 e. The number of carbonyl (C=O) groups is 1. The van der Waals surface area contributed by atoms with E-state index in [1.165, 1.54) is 0 Å². The van der Waals surface area contributed by atoms with Crippen LogP contribution in [0, 0.1) is 6.92 Å². The van der Waals surface area contributed by atoms with E-state index in [0.717, 1.165) is 42.0 Å². The maximum atomic E-state index is 12.2. The number of aryl methyl sites for hydroxylation is 1. The zero-order valence-corrected chi connectivity index (χ0v) is 15.5. The van der Waals surface area contributed by atoms with Gasteiger partial charge in [-0.15, -0.1) is 0 Å². The molecule has 0 bridgehead atoms. The van der Waals surface area contributed by atoms with E-state index >= 15 is 0 Å². The van der Waals surface area contributed by atoms with Crippen molar-refractivity contribution in [1.29, 1.82) is 0 Å². The Balaban J connectivity index is 2.22. The third-order valence-electron chi connectivity index (χ3n) is 4.12. The summed E-state index contributed by atoms with van der Waals surface area (Å²) in [5.41, 5.74) is 1.74. The monoisotopic (exact) mass is 372 g/mol. The normalized spacial score (nSPS) is 11.0. The summed E-state index contributed by atoms with van der Waals surface area (Å²) >= 11 is 0. The van der Waals surface area contributed by atoms with Crippen molar-refractivity contribution >= 4 is 12.1 Å². The predicted molar refractivity (Wildman–Crippen MR) is 104 cm³/mol. The minimum atomic E-state index is -0.789. The summed E-state index contributed by atoms with van der Waals surface area (Å²) in [5, 5.41) is 14.2. The van der Waals surface area contributed by atoms with E-state index in [9.17, 15) is 19.5 Å². The van der Waals surface area contributed by atoms with Crippen molar-refractivity contribution < 1.29 is 9.90 Å². The lowest BCUT2D eigenvalue weighted by Gasteiger charge is -2.11. The number of unbranched alkanes of at least 4 members (excludes halogenated alkanes) is 3. The molecule has 2 rings (SSSR count). The van der Waals surface area contributed by atoms with Gasteiger partial charge in [0.1, 0.15) is 5.56 Å². The molecule has 0 fully saturated rings. The molecule has 2 aromatic rings. The fraction of sp³-hybridized carbons (Fsp3) is 0.368. The summed E-state index contributed by atoms with van der Waals surface area (Å²) in [7, 11) is 0. The van der Waals surface area contributed by atoms with Gasteiger partial charge in [-0.3, -0.25) is 14.6 Å². The van der Waals surface area contributed by atoms with Gasteiger partial charge < -0.3 is 5.11 Å². The number of nitrogens with zero attached hydrogens (tertiary/aromatic N) is 2. The third-order valence-corrected chi connectivity index (χ3v) is 4.12. The summed E-state index contributed by atoms with van der Waals surface area (Å²) in [6.07, 6.45) is 5.25. The first-order valence-electron chi connectivity index (χ1n) is 8.92. The van der Waals surface area contributed by atoms with Crippen molar-refractivity contribution in [3.8, 4) is 11.6 Å². The second-order valence-electron chi connectivity index (χ2n) is 6.22. The lowest BCUT2D eigenvalue weighted by Crippen LogP contribution is -2.32. The number of benzene rings is 1. The highest BCUT2D eigenvalue weighted by molar-refractivity contribution is 5.84. The van der Waals surface area contributed by atoms with Crippen LogP contribution >= 0.6 is 0 Å². The Bertz CT molecular complexity index is 943. The van der Waals surface area contributed by atoms with Crippen LogP contribution in [0.25, 0.3) is 5.69 Å². The van der Waals surface area contributed by atoms with E-state index in [4.69, 9.17) is 0 Å². The van der Waals surface area contributed by atoms with E-state index in [-0.39, 0.29) is 11.5 Å². The van der Waals surface area contributed by atoms with E-state index in [0.29, 0.717) is 12.1 Å². The zero-order valence-electron chi connectivity index (χ0n) is 15.5. The van der Waals surface area contributed by atoms with Crippen molar-refractivity contribution in [3.63, 3.8) is 0 Å². The molecule has 1 aromatic carbocycles. The van der Waals surface area contributed by atoms with Crippen LogP contribution in [0.15, 0.2) is 39.0 Å². The molecule has 0 radical (unpaired) electrons. The van der Waals surface area contributed by atoms with E-state index in [1.807, 2.05) is 0 Å². The molecule has 27 heavy (non-hydrogen) atoms. The third kappa shape index (κ3) is 5.16. The SMILES string of the molecule is CCCCCCC(=O)NN=Cc1c(O)n(-c2ccccc2C)c(=O)[nH]c1=O. The van der Waals surface area contributed by atoms with E-state index in [2.05, 4.69) is 22.4 Å². The van der Waals surface area contributed by atoms with Gasteiger partial charge in [0.05, 0.1) is 11.9 Å². The largest absolute Gasteiger partial charge is 0.493 e. The van der Waals surface area contributed by atoms with Crippen LogP contribution in [-0.2, 0) is 4.79 Å². The van der Waals surface area contributed by atoms with Crippen molar-refractivity contribution in [1.82, 2.24) is 15.0 Å². The Morgan fingerprint density at radius 3 is 2.70 bits per heavy atom. The number of nitrogens with one attached hydrogen (secondary N) is 2. The summed E-state index contributed by atoms with van der Waals surface area (Å²) in [4.78, 5) is 38.0. The van der Waals surface area contributed by atoms with Crippen molar-refractivity contribution in [3.05, 3.63) is 56.2 Å². The Morgan fingerprint density at radius 1 is 1.26 bits per heavy atom. The minimum absolute atomic E-state index is 0.218. The number of hydrazone groups is 1. The molecule has 3 N–H and O–H groups in total. The van der Waals surface area contributed by atoms with Crippen molar-refractivity contribution in [2.45, 2.75) is 46.0 Å². The van der Waals surface area contributed by atoms with Gasteiger partial charge in [0, 0.05) is 6.42 Å². The molecule has 0 saturated heterocycles. The molecule has 0 saturated carbocycles. The number of aromatic nitrogens is 2. The molecule has 1 amide bonds. The van der Waals surface area contributed by atoms with Crippen LogP contribution in [0.5, 0.6) is 5.88 Å². The summed E-state index contributed by atoms with van der Waals surface area (Å²) in [6, 6.07) is 6.93. The number of H-pyrrole nitrogens is 1. The first-order chi connectivity index (χ1) is 13.0. The maximum absolute atomic E-state index is 12.2. The van der Waals surface area contributed by atoms with Crippen LogP contribution in [0.3, 0.4) is 0 Å². The fourth-order valence-corrected chi connectivity index (χ4v) is 2.63. The summed E-state index contributed by atoms with van der Waals surface area (Å²) in [5.74, 6) is -0.815. The second kappa shape index (κ2) is 9.51. The van der Waals surface area contributed by atoms with Crippen LogP contribution in [0.1, 0.15) is 50.2 Å². The van der Waals surface area contributed by atoms with Crippen molar-refractivity contribution in [2.24, 2.45) is 5.10 Å². The molecule has 8 nitrogen and oxygen atoms in total. The highest BCUT2D eigenvalue weighted by atomic mass is 16.3. The molecule has 0 spiro atoms. The topological polar surface area (TPSA) is 117 Å². The average Bonchev–Trinajstić information content (AvgIpc) is 2.63. The second-order valence-corrected chi connectivity index (χ2v) is 6.22. The van der Waals surface area contributed by atoms with E-state index < -0.39 is 17.1 Å². The molecular weight excluding hydrogens is 348 g/mol. The van der Waals surface area contributed by atoms with Crippen LogP contribution in [-0.4, -0.2) is 26.8 Å². The number of aromatic hydroxyl groups is 1. The molecule has 0 aliphatic heterocycles. The molecule has 144 valence electrons. The number of hydrogen-bond donors (Lipinski definition) is 3. The van der Waals surface area contributed by atoms with Crippen LogP contribution < -0.4 is 16.7 Å². The maximum Gasteiger partial charge on any atom is 0.335 e.